The summed E-state index contributed by atoms with van der Waals surface area (Å²) in [6, 6.07) is 5.07. The SMILES string of the molecule is CC(=O)NCC1CN(c2ccc(C(C)=O)c(Br)c2)C(=O)O1. The zero-order chi connectivity index (χ0) is 15.6. The molecule has 0 radical (unpaired) electrons. The van der Waals surface area contributed by atoms with Crippen molar-refractivity contribution < 1.29 is 19.1 Å². The minimum atomic E-state index is -0.465. The fraction of sp³-hybridized carbons (Fsp3) is 0.357. The summed E-state index contributed by atoms with van der Waals surface area (Å²) >= 11 is 3.32. The van der Waals surface area contributed by atoms with Gasteiger partial charge in [0.05, 0.1) is 13.1 Å². The van der Waals surface area contributed by atoms with Crippen LogP contribution >= 0.6 is 15.9 Å². The van der Waals surface area contributed by atoms with Crippen molar-refractivity contribution >= 4 is 39.4 Å². The Morgan fingerprint density at radius 3 is 2.71 bits per heavy atom. The summed E-state index contributed by atoms with van der Waals surface area (Å²) < 4.78 is 5.82. The number of nitrogens with zero attached hydrogens (tertiary/aromatic N) is 1. The number of ether oxygens (including phenoxy) is 1. The van der Waals surface area contributed by atoms with Gasteiger partial charge in [-0.05, 0) is 41.1 Å². The van der Waals surface area contributed by atoms with Gasteiger partial charge in [-0.1, -0.05) is 0 Å². The second kappa shape index (κ2) is 6.26. The van der Waals surface area contributed by atoms with E-state index >= 15 is 0 Å². The number of ketones is 1. The molecule has 1 heterocycles. The number of rotatable bonds is 4. The maximum Gasteiger partial charge on any atom is 0.414 e. The molecular weight excluding hydrogens is 340 g/mol. The smallest absolute Gasteiger partial charge is 0.414 e. The molecule has 1 aliphatic heterocycles. The van der Waals surface area contributed by atoms with Crippen molar-refractivity contribution in [3.8, 4) is 0 Å². The van der Waals surface area contributed by atoms with Gasteiger partial charge in [0.15, 0.2) is 5.78 Å². The van der Waals surface area contributed by atoms with Gasteiger partial charge in [-0.2, -0.15) is 0 Å². The van der Waals surface area contributed by atoms with Crippen molar-refractivity contribution in [2.45, 2.75) is 20.0 Å². The number of nitrogens with one attached hydrogen (secondary N) is 1. The van der Waals surface area contributed by atoms with Crippen LogP contribution in [0.2, 0.25) is 0 Å². The van der Waals surface area contributed by atoms with E-state index in [1.165, 1.54) is 18.7 Å². The average molecular weight is 355 g/mol. The highest BCUT2D eigenvalue weighted by molar-refractivity contribution is 9.10. The average Bonchev–Trinajstić information content (AvgIpc) is 2.77. The van der Waals surface area contributed by atoms with Gasteiger partial charge in [-0.3, -0.25) is 14.5 Å². The highest BCUT2D eigenvalue weighted by atomic mass is 79.9. The molecule has 0 spiro atoms. The van der Waals surface area contributed by atoms with Gasteiger partial charge < -0.3 is 10.1 Å². The molecule has 21 heavy (non-hydrogen) atoms. The maximum absolute atomic E-state index is 11.9. The number of benzene rings is 1. The Morgan fingerprint density at radius 2 is 2.14 bits per heavy atom. The van der Waals surface area contributed by atoms with E-state index < -0.39 is 6.09 Å². The molecule has 0 aromatic heterocycles. The quantitative estimate of drug-likeness (QED) is 0.840. The fourth-order valence-electron chi connectivity index (χ4n) is 2.05. The number of cyclic esters (lactones) is 1. The maximum atomic E-state index is 11.9. The summed E-state index contributed by atoms with van der Waals surface area (Å²) in [5.74, 6) is -0.223. The van der Waals surface area contributed by atoms with Gasteiger partial charge in [-0.25, -0.2) is 4.79 Å². The van der Waals surface area contributed by atoms with Gasteiger partial charge in [0, 0.05) is 22.6 Å². The zero-order valence-corrected chi connectivity index (χ0v) is 13.3. The number of hydrogen-bond acceptors (Lipinski definition) is 4. The van der Waals surface area contributed by atoms with Gasteiger partial charge in [-0.15, -0.1) is 0 Å². The number of carbonyl (C=O) groups is 3. The van der Waals surface area contributed by atoms with E-state index in [1.54, 1.807) is 18.2 Å². The fourth-order valence-corrected chi connectivity index (χ4v) is 2.70. The molecule has 6 nitrogen and oxygen atoms in total. The van der Waals surface area contributed by atoms with Crippen molar-refractivity contribution in [3.63, 3.8) is 0 Å². The summed E-state index contributed by atoms with van der Waals surface area (Å²) in [4.78, 5) is 35.6. The summed E-state index contributed by atoms with van der Waals surface area (Å²) in [7, 11) is 0. The van der Waals surface area contributed by atoms with Crippen LogP contribution in [0.1, 0.15) is 24.2 Å². The third-order valence-electron chi connectivity index (χ3n) is 3.10. The molecule has 1 unspecified atom stereocenters. The number of halogens is 1. The topological polar surface area (TPSA) is 75.7 Å². The van der Waals surface area contributed by atoms with E-state index in [2.05, 4.69) is 21.2 Å². The van der Waals surface area contributed by atoms with Crippen LogP contribution in [0, 0.1) is 0 Å². The molecule has 2 amide bonds. The lowest BCUT2D eigenvalue weighted by Crippen LogP contribution is -2.33. The Labute approximate surface area is 130 Å². The normalized spacial score (nSPS) is 17.6. The molecule has 7 heteroatoms. The van der Waals surface area contributed by atoms with Crippen LogP contribution in [0.3, 0.4) is 0 Å². The number of amides is 2. The van der Waals surface area contributed by atoms with Crippen molar-refractivity contribution in [1.29, 1.82) is 0 Å². The molecule has 1 aliphatic rings. The second-order valence-electron chi connectivity index (χ2n) is 4.77. The molecule has 112 valence electrons. The highest BCUT2D eigenvalue weighted by Gasteiger charge is 2.32. The van der Waals surface area contributed by atoms with Crippen LogP contribution in [0.15, 0.2) is 22.7 Å². The highest BCUT2D eigenvalue weighted by Crippen LogP contribution is 2.27. The summed E-state index contributed by atoms with van der Waals surface area (Å²) in [5, 5.41) is 2.62. The number of carbonyl (C=O) groups excluding carboxylic acids is 3. The molecule has 1 N–H and O–H groups in total. The largest absolute Gasteiger partial charge is 0.442 e. The molecule has 0 saturated carbocycles. The van der Waals surface area contributed by atoms with Gasteiger partial charge >= 0.3 is 6.09 Å². The van der Waals surface area contributed by atoms with E-state index in [-0.39, 0.29) is 24.3 Å². The van der Waals surface area contributed by atoms with E-state index in [0.717, 1.165) is 0 Å². The minimum absolute atomic E-state index is 0.0547. The van der Waals surface area contributed by atoms with Crippen LogP contribution in [0.4, 0.5) is 10.5 Å². The van der Waals surface area contributed by atoms with E-state index in [0.29, 0.717) is 22.3 Å². The lowest BCUT2D eigenvalue weighted by Gasteiger charge is -2.14. The van der Waals surface area contributed by atoms with Gasteiger partial charge in [0.1, 0.15) is 6.10 Å². The number of Topliss-reactive ketones (excluding diaryl/α,β-unsaturated/α-hetero) is 1. The van der Waals surface area contributed by atoms with Crippen molar-refractivity contribution in [3.05, 3.63) is 28.2 Å². The Balaban J connectivity index is 2.12. The Bertz CT molecular complexity index is 603. The lowest BCUT2D eigenvalue weighted by molar-refractivity contribution is -0.119. The Morgan fingerprint density at radius 1 is 1.43 bits per heavy atom. The molecule has 1 aromatic carbocycles. The Hall–Kier alpha value is -1.89. The van der Waals surface area contributed by atoms with Crippen LogP contribution < -0.4 is 10.2 Å². The third kappa shape index (κ3) is 3.60. The molecule has 1 saturated heterocycles. The molecule has 1 atom stereocenters. The van der Waals surface area contributed by atoms with Crippen LogP contribution in [-0.2, 0) is 9.53 Å². The monoisotopic (exact) mass is 354 g/mol. The summed E-state index contributed by atoms with van der Waals surface area (Å²) in [6.07, 6.45) is -0.847. The predicted molar refractivity (Wildman–Crippen MR) is 80.4 cm³/mol. The standard InChI is InChI=1S/C14H15BrN2O4/c1-8(18)12-4-3-10(5-13(12)15)17-7-11(21-14(17)20)6-16-9(2)19/h3-5,11H,6-7H2,1-2H3,(H,16,19). The molecular formula is C14H15BrN2O4. The zero-order valence-electron chi connectivity index (χ0n) is 11.7. The van der Waals surface area contributed by atoms with Crippen molar-refractivity contribution in [2.24, 2.45) is 0 Å². The predicted octanol–water partition coefficient (Wildman–Crippen LogP) is 2.11. The first kappa shape index (κ1) is 15.5. The van der Waals surface area contributed by atoms with E-state index in [4.69, 9.17) is 4.74 Å². The molecule has 1 aromatic rings. The first-order chi connectivity index (χ1) is 9.88. The van der Waals surface area contributed by atoms with Gasteiger partial charge in [0.25, 0.3) is 0 Å². The first-order valence-corrected chi connectivity index (χ1v) is 7.21. The van der Waals surface area contributed by atoms with Crippen LogP contribution in [0.25, 0.3) is 0 Å². The first-order valence-electron chi connectivity index (χ1n) is 6.41. The molecule has 1 fully saturated rings. The summed E-state index contributed by atoms with van der Waals surface area (Å²) in [5.41, 5.74) is 1.20. The summed E-state index contributed by atoms with van der Waals surface area (Å²) in [6.45, 7) is 3.52. The van der Waals surface area contributed by atoms with Crippen molar-refractivity contribution in [1.82, 2.24) is 5.32 Å². The lowest BCUT2D eigenvalue weighted by atomic mass is 10.1. The van der Waals surface area contributed by atoms with Crippen LogP contribution in [-0.4, -0.2) is 37.0 Å². The Kier molecular flexibility index (Phi) is 4.62. The number of anilines is 1. The minimum Gasteiger partial charge on any atom is -0.442 e. The number of hydrogen-bond donors (Lipinski definition) is 1. The van der Waals surface area contributed by atoms with Crippen molar-refractivity contribution in [2.75, 3.05) is 18.0 Å². The molecule has 2 rings (SSSR count). The van der Waals surface area contributed by atoms with Gasteiger partial charge in [0.2, 0.25) is 5.91 Å². The second-order valence-corrected chi connectivity index (χ2v) is 5.63. The van der Waals surface area contributed by atoms with E-state index in [9.17, 15) is 14.4 Å². The van der Waals surface area contributed by atoms with E-state index in [1.807, 2.05) is 0 Å². The van der Waals surface area contributed by atoms with Crippen LogP contribution in [0.5, 0.6) is 0 Å². The molecule has 0 aliphatic carbocycles. The third-order valence-corrected chi connectivity index (χ3v) is 3.75. The molecule has 0 bridgehead atoms.